The molecule has 1 unspecified atom stereocenters. The van der Waals surface area contributed by atoms with Crippen molar-refractivity contribution < 1.29 is 19.2 Å². The van der Waals surface area contributed by atoms with Gasteiger partial charge in [-0.1, -0.05) is 17.4 Å². The van der Waals surface area contributed by atoms with E-state index in [0.29, 0.717) is 32.6 Å². The number of carbonyl (C=O) groups is 2. The van der Waals surface area contributed by atoms with Crippen molar-refractivity contribution in [1.29, 1.82) is 0 Å². The predicted molar refractivity (Wildman–Crippen MR) is 104 cm³/mol. The van der Waals surface area contributed by atoms with Gasteiger partial charge in [0, 0.05) is 13.1 Å². The van der Waals surface area contributed by atoms with E-state index in [1.807, 2.05) is 0 Å². The molecule has 3 amide bonds. The maximum atomic E-state index is 12.5. The lowest BCUT2D eigenvalue weighted by atomic mass is 10.1. The first-order valence-electron chi connectivity index (χ1n) is 9.22. The lowest BCUT2D eigenvalue weighted by molar-refractivity contribution is -0.118. The number of hydrogen-bond donors (Lipinski definition) is 1. The topological polar surface area (TPSA) is 93.1 Å². The summed E-state index contributed by atoms with van der Waals surface area (Å²) in [6.45, 7) is 11.0. The molecule has 2 aliphatic rings. The molecular weight excluding hydrogens is 384 g/mol. The Morgan fingerprint density at radius 3 is 2.82 bits per heavy atom. The van der Waals surface area contributed by atoms with Crippen molar-refractivity contribution in [3.8, 4) is 0 Å². The largest absolute Gasteiger partial charge is 0.444 e. The lowest BCUT2D eigenvalue weighted by Gasteiger charge is -2.23. The van der Waals surface area contributed by atoms with Gasteiger partial charge in [0.1, 0.15) is 11.6 Å². The van der Waals surface area contributed by atoms with Crippen LogP contribution in [0.3, 0.4) is 0 Å². The number of ether oxygens (including phenoxy) is 1. The molecule has 1 N–H and O–H groups in total. The Bertz CT molecular complexity index is 825. The molecule has 2 aliphatic heterocycles. The molecule has 3 rings (SSSR count). The minimum absolute atomic E-state index is 0.0628. The van der Waals surface area contributed by atoms with Crippen LogP contribution >= 0.6 is 11.3 Å². The Balaban J connectivity index is 1.63. The Hall–Kier alpha value is -2.33. The van der Waals surface area contributed by atoms with Gasteiger partial charge in [-0.25, -0.2) is 9.59 Å². The minimum atomic E-state index is -0.548. The predicted octanol–water partition coefficient (Wildman–Crippen LogP) is 2.23. The van der Waals surface area contributed by atoms with E-state index in [1.54, 1.807) is 36.3 Å². The number of amides is 3. The first-order valence-corrected chi connectivity index (χ1v) is 10.0. The molecule has 1 aromatic rings. The summed E-state index contributed by atoms with van der Waals surface area (Å²) < 4.78 is 6.89. The van der Waals surface area contributed by atoms with Gasteiger partial charge in [-0.15, -0.1) is 6.58 Å². The van der Waals surface area contributed by atoms with Crippen LogP contribution in [0.1, 0.15) is 43.8 Å². The number of urea groups is 1. The van der Waals surface area contributed by atoms with E-state index in [1.165, 1.54) is 5.06 Å². The normalized spacial score (nSPS) is 18.2. The van der Waals surface area contributed by atoms with Crippen LogP contribution in [0.4, 0.5) is 9.59 Å². The van der Waals surface area contributed by atoms with Crippen LogP contribution in [0.2, 0.25) is 0 Å². The number of hydrogen-bond acceptors (Lipinski definition) is 6. The van der Waals surface area contributed by atoms with Crippen molar-refractivity contribution in [2.45, 2.75) is 51.9 Å². The zero-order valence-corrected chi connectivity index (χ0v) is 17.2. The first kappa shape index (κ1) is 20.4. The summed E-state index contributed by atoms with van der Waals surface area (Å²) >= 11 is 1.16. The van der Waals surface area contributed by atoms with Crippen molar-refractivity contribution in [2.24, 2.45) is 0 Å². The molecule has 154 valence electrons. The van der Waals surface area contributed by atoms with Crippen LogP contribution in [0.15, 0.2) is 17.4 Å². The Morgan fingerprint density at radius 2 is 2.14 bits per heavy atom. The number of hydroxylamine groups is 2. The van der Waals surface area contributed by atoms with Crippen LogP contribution in [-0.4, -0.2) is 52.0 Å². The number of fused-ring (bicyclic) bond motifs is 4. The third kappa shape index (κ3) is 4.22. The van der Waals surface area contributed by atoms with E-state index in [9.17, 15) is 14.4 Å². The molecule has 2 bridgehead atoms. The standard InChI is InChI=1S/C18H26N4O5S/c1-5-9-26-22-13-11-20(16(22)24)10-12-14(13)28-17(25)21(12)8-6-7-19-15(23)27-18(2,3)4/h5,13H,1,6-11H2,2-4H3,(H,19,23). The van der Waals surface area contributed by atoms with Gasteiger partial charge < -0.3 is 19.5 Å². The second-order valence-corrected chi connectivity index (χ2v) is 8.70. The van der Waals surface area contributed by atoms with E-state index >= 15 is 0 Å². The summed E-state index contributed by atoms with van der Waals surface area (Å²) in [5.41, 5.74) is 0.300. The Kier molecular flexibility index (Phi) is 5.80. The quantitative estimate of drug-likeness (QED) is 0.550. The summed E-state index contributed by atoms with van der Waals surface area (Å²) in [6.07, 6.45) is 1.69. The molecule has 1 atom stereocenters. The molecule has 3 heterocycles. The maximum Gasteiger partial charge on any atom is 0.407 e. The van der Waals surface area contributed by atoms with Crippen molar-refractivity contribution in [3.05, 3.63) is 32.9 Å². The fourth-order valence-corrected chi connectivity index (χ4v) is 4.36. The molecule has 0 saturated carbocycles. The summed E-state index contributed by atoms with van der Waals surface area (Å²) in [4.78, 5) is 44.6. The van der Waals surface area contributed by atoms with Gasteiger partial charge in [-0.2, -0.15) is 5.06 Å². The third-order valence-electron chi connectivity index (χ3n) is 4.36. The second kappa shape index (κ2) is 7.96. The summed E-state index contributed by atoms with van der Waals surface area (Å²) in [5, 5.41) is 4.04. The van der Waals surface area contributed by atoms with E-state index in [4.69, 9.17) is 9.57 Å². The monoisotopic (exact) mass is 410 g/mol. The van der Waals surface area contributed by atoms with Gasteiger partial charge in [0.25, 0.3) is 0 Å². The van der Waals surface area contributed by atoms with Crippen molar-refractivity contribution >= 4 is 23.5 Å². The number of thiazole rings is 1. The van der Waals surface area contributed by atoms with Gasteiger partial charge in [0.05, 0.1) is 30.3 Å². The van der Waals surface area contributed by atoms with Gasteiger partial charge >= 0.3 is 17.0 Å². The van der Waals surface area contributed by atoms with Gasteiger partial charge in [-0.3, -0.25) is 9.63 Å². The van der Waals surface area contributed by atoms with Crippen LogP contribution < -0.4 is 10.2 Å². The van der Waals surface area contributed by atoms with Crippen LogP contribution in [0, 0.1) is 0 Å². The fraction of sp³-hybridized carbons (Fsp3) is 0.611. The summed E-state index contributed by atoms with van der Waals surface area (Å²) in [6, 6.07) is -0.462. The summed E-state index contributed by atoms with van der Waals surface area (Å²) in [7, 11) is 0. The van der Waals surface area contributed by atoms with E-state index in [0.717, 1.165) is 21.9 Å². The second-order valence-electron chi connectivity index (χ2n) is 7.70. The highest BCUT2D eigenvalue weighted by Gasteiger charge is 2.46. The molecule has 1 saturated heterocycles. The van der Waals surface area contributed by atoms with Crippen LogP contribution in [0.25, 0.3) is 0 Å². The van der Waals surface area contributed by atoms with E-state index in [-0.39, 0.29) is 23.6 Å². The highest BCUT2D eigenvalue weighted by atomic mass is 32.1. The molecule has 28 heavy (non-hydrogen) atoms. The SMILES string of the molecule is C=CCON1C(=O)N2Cc3c(sc(=O)n3CCCNC(=O)OC(C)(C)C)C1C2. The molecule has 0 aromatic carbocycles. The lowest BCUT2D eigenvalue weighted by Crippen LogP contribution is -2.34. The highest BCUT2D eigenvalue weighted by Crippen LogP contribution is 2.39. The molecular formula is C18H26N4O5S. The molecule has 0 aliphatic carbocycles. The Morgan fingerprint density at radius 1 is 1.39 bits per heavy atom. The number of rotatable bonds is 7. The first-order chi connectivity index (χ1) is 13.2. The summed E-state index contributed by atoms with van der Waals surface area (Å²) in [5.74, 6) is 0. The van der Waals surface area contributed by atoms with Crippen molar-refractivity contribution in [2.75, 3.05) is 19.7 Å². The average Bonchev–Trinajstić information content (AvgIpc) is 3.05. The number of nitrogens with zero attached hydrogens (tertiary/aromatic N) is 3. The van der Waals surface area contributed by atoms with Gasteiger partial charge in [0.2, 0.25) is 0 Å². The molecule has 9 nitrogen and oxygen atoms in total. The molecule has 1 fully saturated rings. The number of carbonyl (C=O) groups excluding carboxylic acids is 2. The zero-order valence-electron chi connectivity index (χ0n) is 16.4. The number of nitrogens with one attached hydrogen (secondary N) is 1. The van der Waals surface area contributed by atoms with E-state index < -0.39 is 11.7 Å². The average molecular weight is 410 g/mol. The maximum absolute atomic E-state index is 12.5. The molecule has 10 heteroatoms. The minimum Gasteiger partial charge on any atom is -0.444 e. The van der Waals surface area contributed by atoms with E-state index in [2.05, 4.69) is 11.9 Å². The zero-order chi connectivity index (χ0) is 20.5. The smallest absolute Gasteiger partial charge is 0.407 e. The highest BCUT2D eigenvalue weighted by molar-refractivity contribution is 7.09. The third-order valence-corrected chi connectivity index (χ3v) is 5.49. The molecule has 1 aromatic heterocycles. The van der Waals surface area contributed by atoms with Gasteiger partial charge in [-0.05, 0) is 27.2 Å². The molecule has 0 radical (unpaired) electrons. The fourth-order valence-electron chi connectivity index (χ4n) is 3.26. The number of aromatic nitrogens is 1. The Labute approximate surface area is 167 Å². The van der Waals surface area contributed by atoms with Crippen LogP contribution in [0.5, 0.6) is 0 Å². The van der Waals surface area contributed by atoms with Crippen molar-refractivity contribution in [3.63, 3.8) is 0 Å². The van der Waals surface area contributed by atoms with Gasteiger partial charge in [0.15, 0.2) is 0 Å². The number of alkyl carbamates (subject to hydrolysis) is 1. The molecule has 0 spiro atoms. The van der Waals surface area contributed by atoms with Crippen molar-refractivity contribution in [1.82, 2.24) is 19.8 Å². The van der Waals surface area contributed by atoms with Crippen LogP contribution in [-0.2, 0) is 22.7 Å².